The monoisotopic (exact) mass is 687 g/mol. The fraction of sp³-hybridized carbons (Fsp3) is 0.771. The van der Waals surface area contributed by atoms with Crippen LogP contribution < -0.4 is 0 Å². The summed E-state index contributed by atoms with van der Waals surface area (Å²) in [5, 5.41) is 0. The largest absolute Gasteiger partial charge is 0.462 e. The van der Waals surface area contributed by atoms with E-state index in [0.29, 0.717) is 35.0 Å². The van der Waals surface area contributed by atoms with E-state index in [1.165, 1.54) is 77.0 Å². The highest BCUT2D eigenvalue weighted by Crippen LogP contribution is 2.67. The van der Waals surface area contributed by atoms with Crippen molar-refractivity contribution in [1.82, 2.24) is 0 Å². The maximum absolute atomic E-state index is 12.8. The summed E-state index contributed by atoms with van der Waals surface area (Å²) < 4.78 is 6.12. The molecule has 0 aromatic carbocycles. The maximum atomic E-state index is 12.8. The Labute approximate surface area is 310 Å². The Morgan fingerprint density at radius 3 is 2.18 bits per heavy atom. The second-order valence-electron chi connectivity index (χ2n) is 18.0. The third kappa shape index (κ3) is 11.1. The number of ether oxygens (including phenoxy) is 1. The fourth-order valence-electron chi connectivity index (χ4n) is 10.8. The summed E-state index contributed by atoms with van der Waals surface area (Å²) >= 11 is 0. The Balaban J connectivity index is 1.12. The Morgan fingerprint density at radius 1 is 0.800 bits per heavy atom. The summed E-state index contributed by atoms with van der Waals surface area (Å²) in [6.45, 7) is 17.1. The Morgan fingerprint density at radius 2 is 1.48 bits per heavy atom. The van der Waals surface area contributed by atoms with Crippen LogP contribution in [-0.4, -0.2) is 12.1 Å². The summed E-state index contributed by atoms with van der Waals surface area (Å²) in [7, 11) is 0. The predicted octanol–water partition coefficient (Wildman–Crippen LogP) is 14.3. The van der Waals surface area contributed by atoms with Crippen LogP contribution in [0.25, 0.3) is 0 Å². The minimum Gasteiger partial charge on any atom is -0.462 e. The van der Waals surface area contributed by atoms with Gasteiger partial charge in [0.1, 0.15) is 6.10 Å². The number of carbonyl (C=O) groups excluding carboxylic acids is 1. The highest BCUT2D eigenvalue weighted by Gasteiger charge is 2.59. The molecule has 4 aliphatic carbocycles. The zero-order valence-electron chi connectivity index (χ0n) is 33.8. The van der Waals surface area contributed by atoms with E-state index in [4.69, 9.17) is 4.74 Å². The van der Waals surface area contributed by atoms with Crippen LogP contribution in [0.4, 0.5) is 0 Å². The molecular weight excluding hydrogens is 609 g/mol. The first-order valence-electron chi connectivity index (χ1n) is 21.6. The van der Waals surface area contributed by atoms with E-state index in [1.54, 1.807) is 5.57 Å². The molecular formula is C48H78O2. The number of carbonyl (C=O) groups is 1. The smallest absolute Gasteiger partial charge is 0.306 e. The first-order valence-corrected chi connectivity index (χ1v) is 21.6. The van der Waals surface area contributed by atoms with Crippen LogP contribution in [0.2, 0.25) is 0 Å². The average molecular weight is 687 g/mol. The van der Waals surface area contributed by atoms with Crippen molar-refractivity contribution in [1.29, 1.82) is 0 Å². The molecule has 0 aliphatic heterocycles. The van der Waals surface area contributed by atoms with Gasteiger partial charge in [-0.05, 0) is 142 Å². The van der Waals surface area contributed by atoms with Crippen LogP contribution in [0, 0.1) is 52.3 Å². The van der Waals surface area contributed by atoms with Gasteiger partial charge in [-0.25, -0.2) is 0 Å². The SMILES string of the molecule is CCCCC/C=C\C/C=C\C/C=C\CCCCCCC(=O)OC1CCC2(C)C(=CCC3C2CCC2(C)C(C(C)/C=C/C(C)C(C)C)CCC32)C1. The van der Waals surface area contributed by atoms with Crippen molar-refractivity contribution in [3.8, 4) is 0 Å². The lowest BCUT2D eigenvalue weighted by Gasteiger charge is -2.58. The number of unbranched alkanes of at least 4 members (excludes halogenated alkanes) is 7. The first kappa shape index (κ1) is 40.9. The average Bonchev–Trinajstić information content (AvgIpc) is 3.45. The Kier molecular flexibility index (Phi) is 16.7. The molecule has 9 unspecified atom stereocenters. The lowest BCUT2D eigenvalue weighted by Crippen LogP contribution is -2.51. The van der Waals surface area contributed by atoms with Crippen molar-refractivity contribution in [3.05, 3.63) is 60.3 Å². The van der Waals surface area contributed by atoms with Crippen LogP contribution in [0.3, 0.4) is 0 Å². The van der Waals surface area contributed by atoms with Crippen LogP contribution >= 0.6 is 0 Å². The van der Waals surface area contributed by atoms with Gasteiger partial charge in [0.2, 0.25) is 0 Å². The van der Waals surface area contributed by atoms with Gasteiger partial charge in [0.05, 0.1) is 0 Å². The molecule has 50 heavy (non-hydrogen) atoms. The lowest BCUT2D eigenvalue weighted by molar-refractivity contribution is -0.151. The molecule has 0 amide bonds. The first-order chi connectivity index (χ1) is 24.1. The number of fused-ring (bicyclic) bond motifs is 5. The van der Waals surface area contributed by atoms with Crippen molar-refractivity contribution < 1.29 is 9.53 Å². The summed E-state index contributed by atoms with van der Waals surface area (Å²) in [4.78, 5) is 12.8. The summed E-state index contributed by atoms with van der Waals surface area (Å²) in [6, 6.07) is 0. The summed E-state index contributed by atoms with van der Waals surface area (Å²) in [6.07, 6.45) is 45.1. The van der Waals surface area contributed by atoms with Gasteiger partial charge in [-0.3, -0.25) is 4.79 Å². The van der Waals surface area contributed by atoms with E-state index < -0.39 is 0 Å². The van der Waals surface area contributed by atoms with E-state index in [0.717, 1.165) is 68.6 Å². The molecule has 3 saturated carbocycles. The third-order valence-electron chi connectivity index (χ3n) is 14.4. The molecule has 2 nitrogen and oxygen atoms in total. The van der Waals surface area contributed by atoms with Crippen molar-refractivity contribution in [2.24, 2.45) is 52.3 Å². The fourth-order valence-corrected chi connectivity index (χ4v) is 10.8. The molecule has 4 rings (SSSR count). The normalized spacial score (nSPS) is 32.5. The molecule has 0 heterocycles. The molecule has 0 N–H and O–H groups in total. The van der Waals surface area contributed by atoms with E-state index in [2.05, 4.69) is 103 Å². The second kappa shape index (κ2) is 20.4. The van der Waals surface area contributed by atoms with Gasteiger partial charge in [-0.15, -0.1) is 0 Å². The molecule has 0 saturated heterocycles. The molecule has 0 aromatic rings. The third-order valence-corrected chi connectivity index (χ3v) is 14.4. The Hall–Kier alpha value is -1.83. The van der Waals surface area contributed by atoms with E-state index in [-0.39, 0.29) is 12.1 Å². The van der Waals surface area contributed by atoms with E-state index in [1.807, 2.05) is 0 Å². The molecule has 0 bridgehead atoms. The van der Waals surface area contributed by atoms with Gasteiger partial charge in [0.15, 0.2) is 0 Å². The quantitative estimate of drug-likeness (QED) is 0.0724. The maximum Gasteiger partial charge on any atom is 0.306 e. The molecule has 4 aliphatic rings. The minimum absolute atomic E-state index is 0.0340. The number of allylic oxidation sites excluding steroid dienone is 9. The highest BCUT2D eigenvalue weighted by atomic mass is 16.5. The van der Waals surface area contributed by atoms with Crippen LogP contribution in [-0.2, 0) is 9.53 Å². The van der Waals surface area contributed by atoms with Gasteiger partial charge in [0.25, 0.3) is 0 Å². The van der Waals surface area contributed by atoms with Crippen molar-refractivity contribution >= 4 is 5.97 Å². The van der Waals surface area contributed by atoms with Crippen LogP contribution in [0.15, 0.2) is 60.3 Å². The molecule has 0 radical (unpaired) electrons. The van der Waals surface area contributed by atoms with Gasteiger partial charge < -0.3 is 4.74 Å². The Bertz CT molecular complexity index is 1170. The highest BCUT2D eigenvalue weighted by molar-refractivity contribution is 5.69. The minimum atomic E-state index is 0.0340. The van der Waals surface area contributed by atoms with Crippen LogP contribution in [0.1, 0.15) is 177 Å². The summed E-state index contributed by atoms with van der Waals surface area (Å²) in [5.74, 6) is 5.42. The predicted molar refractivity (Wildman–Crippen MR) is 216 cm³/mol. The van der Waals surface area contributed by atoms with E-state index >= 15 is 0 Å². The number of hydrogen-bond acceptors (Lipinski definition) is 2. The molecule has 2 heteroatoms. The van der Waals surface area contributed by atoms with Crippen molar-refractivity contribution in [3.63, 3.8) is 0 Å². The summed E-state index contributed by atoms with van der Waals surface area (Å²) in [5.41, 5.74) is 2.41. The second-order valence-corrected chi connectivity index (χ2v) is 18.0. The van der Waals surface area contributed by atoms with Crippen molar-refractivity contribution in [2.45, 2.75) is 183 Å². The molecule has 0 aromatic heterocycles. The van der Waals surface area contributed by atoms with Gasteiger partial charge in [-0.2, -0.15) is 0 Å². The lowest BCUT2D eigenvalue weighted by atomic mass is 9.47. The van der Waals surface area contributed by atoms with E-state index in [9.17, 15) is 4.79 Å². The number of esters is 1. The number of hydrogen-bond donors (Lipinski definition) is 0. The van der Waals surface area contributed by atoms with Crippen LogP contribution in [0.5, 0.6) is 0 Å². The number of rotatable bonds is 20. The van der Waals surface area contributed by atoms with Crippen molar-refractivity contribution in [2.75, 3.05) is 0 Å². The molecule has 0 spiro atoms. The molecule has 9 atom stereocenters. The van der Waals surface area contributed by atoms with Gasteiger partial charge in [0, 0.05) is 12.8 Å². The van der Waals surface area contributed by atoms with Gasteiger partial charge in [-0.1, -0.05) is 134 Å². The molecule has 3 fully saturated rings. The standard InChI is InChI=1S/C48H78O2/c1-8-9-10-11-12-13-14-15-16-17-18-19-20-21-22-23-24-25-46(49)50-41-32-34-47(6)40(36-41)28-29-42-44-31-30-43(48(44,7)35-33-45(42)47)39(5)27-26-38(4)37(2)3/h12-13,15-16,18-19,26-28,37-39,41-45H,8-11,14,17,20-25,29-36H2,1-7H3/b13-12-,16-15-,19-18-,27-26+. The zero-order valence-corrected chi connectivity index (χ0v) is 33.8. The van der Waals surface area contributed by atoms with Gasteiger partial charge >= 0.3 is 5.97 Å². The zero-order chi connectivity index (χ0) is 36.0. The molecule has 282 valence electrons. The topological polar surface area (TPSA) is 26.3 Å².